The largest absolute Gasteiger partial charge is 0.308 e. The van der Waals surface area contributed by atoms with Crippen molar-refractivity contribution in [2.45, 2.75) is 38.5 Å². The van der Waals surface area contributed by atoms with Crippen LogP contribution in [-0.4, -0.2) is 39.5 Å². The highest BCUT2D eigenvalue weighted by Crippen LogP contribution is 2.21. The summed E-state index contributed by atoms with van der Waals surface area (Å²) in [6, 6.07) is 2.89. The van der Waals surface area contributed by atoms with E-state index in [2.05, 4.69) is 55.0 Å². The predicted molar refractivity (Wildman–Crippen MR) is 88.2 cm³/mol. The van der Waals surface area contributed by atoms with Crippen LogP contribution in [0.15, 0.2) is 22.1 Å². The molecule has 2 aromatic rings. The highest BCUT2D eigenvalue weighted by atomic mass is 79.9. The summed E-state index contributed by atoms with van der Waals surface area (Å²) in [6.45, 7) is 3.65. The Kier molecular flexibility index (Phi) is 5.05. The molecule has 7 heteroatoms. The van der Waals surface area contributed by atoms with Crippen molar-refractivity contribution in [2.24, 2.45) is 0 Å². The fourth-order valence-electron chi connectivity index (χ4n) is 2.12. The standard InChI is InChI=1S/C14H20BrN5S/c1-19(9-14-6-11(15)10-21-14)4-5-20-8-13(17-18-20)7-16-12-2-3-12/h6,8,10,12,16H,2-5,7,9H2,1H3. The lowest BCUT2D eigenvalue weighted by Crippen LogP contribution is -2.22. The Morgan fingerprint density at radius 1 is 1.52 bits per heavy atom. The zero-order valence-electron chi connectivity index (χ0n) is 12.1. The Morgan fingerprint density at radius 2 is 2.38 bits per heavy atom. The number of nitrogens with one attached hydrogen (secondary N) is 1. The second-order valence-electron chi connectivity index (χ2n) is 5.60. The van der Waals surface area contributed by atoms with E-state index in [0.717, 1.165) is 31.9 Å². The van der Waals surface area contributed by atoms with Crippen molar-refractivity contribution in [1.82, 2.24) is 25.2 Å². The molecule has 0 unspecified atom stereocenters. The van der Waals surface area contributed by atoms with Crippen LogP contribution in [0.3, 0.4) is 0 Å². The molecule has 2 aromatic heterocycles. The molecule has 3 rings (SSSR count). The molecule has 114 valence electrons. The lowest BCUT2D eigenvalue weighted by molar-refractivity contribution is 0.306. The van der Waals surface area contributed by atoms with Crippen molar-refractivity contribution in [3.63, 3.8) is 0 Å². The fourth-order valence-corrected chi connectivity index (χ4v) is 3.65. The Labute approximate surface area is 137 Å². The van der Waals surface area contributed by atoms with Crippen molar-refractivity contribution in [2.75, 3.05) is 13.6 Å². The number of hydrogen-bond donors (Lipinski definition) is 1. The van der Waals surface area contributed by atoms with E-state index in [-0.39, 0.29) is 0 Å². The van der Waals surface area contributed by atoms with Crippen molar-refractivity contribution < 1.29 is 0 Å². The van der Waals surface area contributed by atoms with E-state index >= 15 is 0 Å². The van der Waals surface area contributed by atoms with Crippen LogP contribution in [0.4, 0.5) is 0 Å². The molecule has 0 amide bonds. The lowest BCUT2D eigenvalue weighted by Gasteiger charge is -2.14. The van der Waals surface area contributed by atoms with Gasteiger partial charge in [-0.25, -0.2) is 0 Å². The van der Waals surface area contributed by atoms with E-state index in [9.17, 15) is 0 Å². The number of aromatic nitrogens is 3. The first-order valence-corrected chi connectivity index (χ1v) is 8.90. The molecule has 0 saturated heterocycles. The molecule has 0 spiro atoms. The highest BCUT2D eigenvalue weighted by molar-refractivity contribution is 9.10. The summed E-state index contributed by atoms with van der Waals surface area (Å²) in [5.41, 5.74) is 1.03. The molecule has 0 aliphatic heterocycles. The van der Waals surface area contributed by atoms with Crippen LogP contribution >= 0.6 is 27.3 Å². The zero-order chi connectivity index (χ0) is 14.7. The average Bonchev–Trinajstić information content (AvgIpc) is 3.03. The van der Waals surface area contributed by atoms with Gasteiger partial charge in [-0.3, -0.25) is 9.58 Å². The van der Waals surface area contributed by atoms with Crippen LogP contribution in [0, 0.1) is 0 Å². The Morgan fingerprint density at radius 3 is 3.10 bits per heavy atom. The lowest BCUT2D eigenvalue weighted by atomic mass is 10.4. The van der Waals surface area contributed by atoms with Crippen LogP contribution in [0.25, 0.3) is 0 Å². The summed E-state index contributed by atoms with van der Waals surface area (Å²) in [4.78, 5) is 3.68. The number of thiophene rings is 1. The predicted octanol–water partition coefficient (Wildman–Crippen LogP) is 2.49. The zero-order valence-corrected chi connectivity index (χ0v) is 14.5. The Balaban J connectivity index is 1.41. The normalized spacial score (nSPS) is 15.0. The minimum atomic E-state index is 0.714. The van der Waals surface area contributed by atoms with Crippen molar-refractivity contribution in [3.8, 4) is 0 Å². The summed E-state index contributed by atoms with van der Waals surface area (Å²) in [5, 5.41) is 14.0. The monoisotopic (exact) mass is 369 g/mol. The van der Waals surface area contributed by atoms with Gasteiger partial charge in [0.25, 0.3) is 0 Å². The van der Waals surface area contributed by atoms with Crippen LogP contribution in [0.5, 0.6) is 0 Å². The van der Waals surface area contributed by atoms with Crippen LogP contribution < -0.4 is 5.32 Å². The summed E-state index contributed by atoms with van der Waals surface area (Å²) >= 11 is 5.28. The molecule has 5 nitrogen and oxygen atoms in total. The molecule has 1 aliphatic carbocycles. The van der Waals surface area contributed by atoms with Gasteiger partial charge in [-0.05, 0) is 41.9 Å². The highest BCUT2D eigenvalue weighted by Gasteiger charge is 2.20. The quantitative estimate of drug-likeness (QED) is 0.776. The molecule has 1 aliphatic rings. The first kappa shape index (κ1) is 15.1. The minimum absolute atomic E-state index is 0.714. The molecule has 0 aromatic carbocycles. The third-order valence-electron chi connectivity index (χ3n) is 3.49. The topological polar surface area (TPSA) is 46.0 Å². The number of halogens is 1. The van der Waals surface area contributed by atoms with Crippen LogP contribution in [-0.2, 0) is 19.6 Å². The Hall–Kier alpha value is -0.760. The second kappa shape index (κ2) is 7.00. The molecular weight excluding hydrogens is 350 g/mol. The van der Waals surface area contributed by atoms with Gasteiger partial charge in [-0.15, -0.1) is 16.4 Å². The van der Waals surface area contributed by atoms with Gasteiger partial charge in [0.2, 0.25) is 0 Å². The fraction of sp³-hybridized carbons (Fsp3) is 0.571. The first-order valence-electron chi connectivity index (χ1n) is 7.23. The molecule has 0 atom stereocenters. The molecule has 0 bridgehead atoms. The van der Waals surface area contributed by atoms with Crippen molar-refractivity contribution in [1.29, 1.82) is 0 Å². The molecule has 2 heterocycles. The maximum absolute atomic E-state index is 4.21. The molecular formula is C14H20BrN5S. The third kappa shape index (κ3) is 4.88. The number of likely N-dealkylation sites (N-methyl/N-ethyl adjacent to an activating group) is 1. The Bertz CT molecular complexity index is 577. The number of nitrogens with zero attached hydrogens (tertiary/aromatic N) is 4. The van der Waals surface area contributed by atoms with Crippen molar-refractivity contribution in [3.05, 3.63) is 32.7 Å². The maximum atomic E-state index is 4.21. The second-order valence-corrected chi connectivity index (χ2v) is 7.51. The minimum Gasteiger partial charge on any atom is -0.308 e. The van der Waals surface area contributed by atoms with E-state index in [1.54, 1.807) is 11.3 Å². The number of hydrogen-bond acceptors (Lipinski definition) is 5. The average molecular weight is 370 g/mol. The maximum Gasteiger partial charge on any atom is 0.0964 e. The summed E-state index contributed by atoms with van der Waals surface area (Å²) < 4.78 is 3.10. The first-order chi connectivity index (χ1) is 10.2. The van der Waals surface area contributed by atoms with Gasteiger partial charge in [-0.2, -0.15) is 0 Å². The smallest absolute Gasteiger partial charge is 0.0964 e. The van der Waals surface area contributed by atoms with E-state index < -0.39 is 0 Å². The van der Waals surface area contributed by atoms with Gasteiger partial charge in [0.05, 0.1) is 12.2 Å². The van der Waals surface area contributed by atoms with Gasteiger partial charge < -0.3 is 5.32 Å². The van der Waals surface area contributed by atoms with Gasteiger partial charge >= 0.3 is 0 Å². The van der Waals surface area contributed by atoms with Gasteiger partial charge in [0.1, 0.15) is 0 Å². The number of rotatable bonds is 8. The van der Waals surface area contributed by atoms with Crippen LogP contribution in [0.1, 0.15) is 23.4 Å². The van der Waals surface area contributed by atoms with E-state index in [1.165, 1.54) is 22.2 Å². The summed E-state index contributed by atoms with van der Waals surface area (Å²) in [7, 11) is 2.14. The summed E-state index contributed by atoms with van der Waals surface area (Å²) in [6.07, 6.45) is 4.65. The van der Waals surface area contributed by atoms with E-state index in [0.29, 0.717) is 6.04 Å². The third-order valence-corrected chi connectivity index (χ3v) is 5.18. The molecule has 21 heavy (non-hydrogen) atoms. The van der Waals surface area contributed by atoms with Crippen molar-refractivity contribution >= 4 is 27.3 Å². The van der Waals surface area contributed by atoms with E-state index in [1.807, 2.05) is 10.9 Å². The van der Waals surface area contributed by atoms with E-state index in [4.69, 9.17) is 0 Å². The SMILES string of the molecule is CN(CCn1cc(CNC2CC2)nn1)Cc1cc(Br)cs1. The molecule has 1 saturated carbocycles. The molecule has 1 N–H and O–H groups in total. The molecule has 1 fully saturated rings. The molecule has 0 radical (unpaired) electrons. The van der Waals surface area contributed by atoms with Gasteiger partial charge in [-0.1, -0.05) is 5.21 Å². The van der Waals surface area contributed by atoms with Crippen LogP contribution in [0.2, 0.25) is 0 Å². The van der Waals surface area contributed by atoms with Gasteiger partial charge in [0.15, 0.2) is 0 Å². The summed E-state index contributed by atoms with van der Waals surface area (Å²) in [5.74, 6) is 0. The van der Waals surface area contributed by atoms with Gasteiger partial charge in [0, 0.05) is 46.6 Å².